The number of rotatable bonds is 7. The number of carbonyl (C=O) groups excluding carboxylic acids is 1. The first-order valence-corrected chi connectivity index (χ1v) is 8.60. The van der Waals surface area contributed by atoms with E-state index in [1.807, 2.05) is 54.6 Å². The maximum absolute atomic E-state index is 12.1. The van der Waals surface area contributed by atoms with Gasteiger partial charge >= 0.3 is 0 Å². The number of para-hydroxylation sites is 2. The molecule has 1 amide bonds. The summed E-state index contributed by atoms with van der Waals surface area (Å²) >= 11 is 0. The molecule has 0 saturated carbocycles. The first kappa shape index (κ1) is 17.8. The van der Waals surface area contributed by atoms with E-state index in [0.29, 0.717) is 18.7 Å². The van der Waals surface area contributed by atoms with Gasteiger partial charge in [0.05, 0.1) is 22.9 Å². The molecule has 1 heterocycles. The van der Waals surface area contributed by atoms with Crippen molar-refractivity contribution in [3.05, 3.63) is 78.1 Å². The quantitative estimate of drug-likeness (QED) is 0.645. The molecule has 5 nitrogen and oxygen atoms in total. The number of fused-ring (bicyclic) bond motifs is 1. The Labute approximate surface area is 152 Å². The average molecular weight is 347 g/mol. The molecule has 26 heavy (non-hydrogen) atoms. The number of hydrogen-bond donors (Lipinski definition) is 2. The van der Waals surface area contributed by atoms with Gasteiger partial charge < -0.3 is 10.4 Å². The predicted octanol–water partition coefficient (Wildman–Crippen LogP) is 2.93. The van der Waals surface area contributed by atoms with Crippen LogP contribution in [0, 0.1) is 0 Å². The van der Waals surface area contributed by atoms with E-state index < -0.39 is 0 Å². The van der Waals surface area contributed by atoms with Crippen LogP contribution in [-0.2, 0) is 4.79 Å². The summed E-state index contributed by atoms with van der Waals surface area (Å²) in [7, 11) is 0. The SMILES string of the molecule is O=C(/C=C/c1cnc2ccccc2n1)NCC(CCO)c1ccccc1. The molecule has 3 rings (SSSR count). The summed E-state index contributed by atoms with van der Waals surface area (Å²) in [6.45, 7) is 0.551. The van der Waals surface area contributed by atoms with Gasteiger partial charge in [0.1, 0.15) is 0 Å². The number of aliphatic hydroxyl groups excluding tert-OH is 1. The van der Waals surface area contributed by atoms with E-state index >= 15 is 0 Å². The molecule has 0 spiro atoms. The van der Waals surface area contributed by atoms with Crippen LogP contribution in [-0.4, -0.2) is 34.1 Å². The van der Waals surface area contributed by atoms with Crippen molar-refractivity contribution >= 4 is 23.0 Å². The lowest BCUT2D eigenvalue weighted by Gasteiger charge is -2.16. The van der Waals surface area contributed by atoms with Crippen molar-refractivity contribution < 1.29 is 9.90 Å². The number of carbonyl (C=O) groups is 1. The van der Waals surface area contributed by atoms with Crippen LogP contribution in [0.25, 0.3) is 17.1 Å². The average Bonchev–Trinajstić information content (AvgIpc) is 2.70. The lowest BCUT2D eigenvalue weighted by atomic mass is 9.96. The van der Waals surface area contributed by atoms with Gasteiger partial charge in [0.15, 0.2) is 0 Å². The van der Waals surface area contributed by atoms with E-state index in [9.17, 15) is 9.90 Å². The Kier molecular flexibility index (Phi) is 6.06. The molecule has 132 valence electrons. The number of aliphatic hydroxyl groups is 1. The second kappa shape index (κ2) is 8.87. The largest absolute Gasteiger partial charge is 0.396 e. The number of hydrogen-bond acceptors (Lipinski definition) is 4. The van der Waals surface area contributed by atoms with E-state index in [4.69, 9.17) is 0 Å². The van der Waals surface area contributed by atoms with Crippen LogP contribution in [0.2, 0.25) is 0 Å². The molecule has 0 bridgehead atoms. The van der Waals surface area contributed by atoms with Crippen molar-refractivity contribution in [2.45, 2.75) is 12.3 Å². The third-order valence-corrected chi connectivity index (χ3v) is 4.14. The van der Waals surface area contributed by atoms with Crippen LogP contribution in [0.15, 0.2) is 66.9 Å². The molecule has 0 aliphatic carbocycles. The Hall–Kier alpha value is -3.05. The molecule has 0 fully saturated rings. The summed E-state index contributed by atoms with van der Waals surface area (Å²) in [5, 5.41) is 12.1. The molecule has 0 radical (unpaired) electrons. The molecular formula is C21H21N3O2. The van der Waals surface area contributed by atoms with Crippen LogP contribution in [0.4, 0.5) is 0 Å². The molecule has 5 heteroatoms. The molecule has 3 aromatic rings. The fourth-order valence-electron chi connectivity index (χ4n) is 2.76. The van der Waals surface area contributed by atoms with Crippen LogP contribution in [0.5, 0.6) is 0 Å². The summed E-state index contributed by atoms with van der Waals surface area (Å²) in [6, 6.07) is 17.5. The predicted molar refractivity (Wildman–Crippen MR) is 102 cm³/mol. The normalized spacial score (nSPS) is 12.3. The summed E-state index contributed by atoms with van der Waals surface area (Å²) in [5.74, 6) is -0.113. The topological polar surface area (TPSA) is 75.1 Å². The molecule has 0 aliphatic rings. The first-order valence-electron chi connectivity index (χ1n) is 8.60. The van der Waals surface area contributed by atoms with Gasteiger partial charge in [-0.15, -0.1) is 0 Å². The molecule has 2 aromatic carbocycles. The van der Waals surface area contributed by atoms with Gasteiger partial charge in [-0.25, -0.2) is 4.98 Å². The summed E-state index contributed by atoms with van der Waals surface area (Å²) < 4.78 is 0. The first-order chi connectivity index (χ1) is 12.8. The molecule has 1 unspecified atom stereocenters. The van der Waals surface area contributed by atoms with Gasteiger partial charge in [0, 0.05) is 25.1 Å². The minimum absolute atomic E-state index is 0.0813. The molecule has 0 saturated heterocycles. The molecule has 0 aliphatic heterocycles. The zero-order chi connectivity index (χ0) is 18.2. The number of aromatic nitrogens is 2. The van der Waals surface area contributed by atoms with E-state index in [2.05, 4.69) is 15.3 Å². The minimum Gasteiger partial charge on any atom is -0.396 e. The lowest BCUT2D eigenvalue weighted by Crippen LogP contribution is -2.27. The fraction of sp³-hybridized carbons (Fsp3) is 0.190. The molecule has 2 N–H and O–H groups in total. The second-order valence-corrected chi connectivity index (χ2v) is 5.98. The maximum Gasteiger partial charge on any atom is 0.244 e. The Morgan fingerprint density at radius 3 is 2.58 bits per heavy atom. The van der Waals surface area contributed by atoms with Gasteiger partial charge in [-0.2, -0.15) is 0 Å². The molecule has 1 aromatic heterocycles. The third-order valence-electron chi connectivity index (χ3n) is 4.14. The van der Waals surface area contributed by atoms with Crippen LogP contribution in [0.3, 0.4) is 0 Å². The summed E-state index contributed by atoms with van der Waals surface area (Å²) in [6.07, 6.45) is 5.35. The smallest absolute Gasteiger partial charge is 0.244 e. The van der Waals surface area contributed by atoms with Gasteiger partial charge in [-0.1, -0.05) is 42.5 Å². The Morgan fingerprint density at radius 1 is 1.08 bits per heavy atom. The second-order valence-electron chi connectivity index (χ2n) is 5.98. The Morgan fingerprint density at radius 2 is 1.81 bits per heavy atom. The van der Waals surface area contributed by atoms with Gasteiger partial charge in [0.25, 0.3) is 0 Å². The van der Waals surface area contributed by atoms with E-state index in [-0.39, 0.29) is 18.4 Å². The number of benzene rings is 2. The van der Waals surface area contributed by atoms with Crippen LogP contribution in [0.1, 0.15) is 23.6 Å². The highest BCUT2D eigenvalue weighted by Gasteiger charge is 2.11. The Balaban J connectivity index is 1.60. The highest BCUT2D eigenvalue weighted by molar-refractivity contribution is 5.91. The van der Waals surface area contributed by atoms with Gasteiger partial charge in [0.2, 0.25) is 5.91 Å². The molecule has 1 atom stereocenters. The molecular weight excluding hydrogens is 326 g/mol. The summed E-state index contributed by atoms with van der Waals surface area (Å²) in [4.78, 5) is 20.9. The fourth-order valence-corrected chi connectivity index (χ4v) is 2.76. The highest BCUT2D eigenvalue weighted by Crippen LogP contribution is 2.18. The van der Waals surface area contributed by atoms with Crippen molar-refractivity contribution in [3.8, 4) is 0 Å². The zero-order valence-electron chi connectivity index (χ0n) is 14.4. The van der Waals surface area contributed by atoms with Crippen LogP contribution < -0.4 is 5.32 Å². The standard InChI is InChI=1S/C21H21N3O2/c25-13-12-17(16-6-2-1-3-7-16)14-23-21(26)11-10-18-15-22-19-8-4-5-9-20(19)24-18/h1-11,15,17,25H,12-14H2,(H,23,26)/b11-10+. The van der Waals surface area contributed by atoms with Crippen molar-refractivity contribution in [2.24, 2.45) is 0 Å². The van der Waals surface area contributed by atoms with E-state index in [1.165, 1.54) is 6.08 Å². The third kappa shape index (κ3) is 4.74. The number of nitrogens with zero attached hydrogens (tertiary/aromatic N) is 2. The van der Waals surface area contributed by atoms with Crippen molar-refractivity contribution in [1.29, 1.82) is 0 Å². The van der Waals surface area contributed by atoms with Crippen molar-refractivity contribution in [3.63, 3.8) is 0 Å². The van der Waals surface area contributed by atoms with Crippen molar-refractivity contribution in [1.82, 2.24) is 15.3 Å². The van der Waals surface area contributed by atoms with Crippen molar-refractivity contribution in [2.75, 3.05) is 13.2 Å². The van der Waals surface area contributed by atoms with Gasteiger partial charge in [-0.05, 0) is 30.2 Å². The number of amides is 1. The van der Waals surface area contributed by atoms with Crippen LogP contribution >= 0.6 is 0 Å². The lowest BCUT2D eigenvalue weighted by molar-refractivity contribution is -0.116. The zero-order valence-corrected chi connectivity index (χ0v) is 14.4. The minimum atomic E-state index is -0.196. The summed E-state index contributed by atoms with van der Waals surface area (Å²) in [5.41, 5.74) is 3.35. The number of nitrogens with one attached hydrogen (secondary N) is 1. The maximum atomic E-state index is 12.1. The monoisotopic (exact) mass is 347 g/mol. The van der Waals surface area contributed by atoms with E-state index in [0.717, 1.165) is 16.6 Å². The Bertz CT molecular complexity index is 894. The highest BCUT2D eigenvalue weighted by atomic mass is 16.3. The van der Waals surface area contributed by atoms with Gasteiger partial charge in [-0.3, -0.25) is 9.78 Å². The van der Waals surface area contributed by atoms with E-state index in [1.54, 1.807) is 12.3 Å².